The van der Waals surface area contributed by atoms with Crippen LogP contribution in [-0.4, -0.2) is 243 Å². The number of hydrogen-bond acceptors (Lipinski definition) is 25. The Hall–Kier alpha value is -12.4. The molecule has 113 heavy (non-hydrogen) atoms. The number of unbranched alkanes of at least 4 members (excludes halogenated alkanes) is 6. The van der Waals surface area contributed by atoms with Crippen molar-refractivity contribution in [3.8, 4) is 0 Å². The lowest BCUT2D eigenvalue weighted by molar-refractivity contribution is -0.156. The van der Waals surface area contributed by atoms with Gasteiger partial charge in [-0.1, -0.05) is 76.6 Å². The molecule has 0 aromatic heterocycles. The number of aliphatic hydroxyl groups excluding tert-OH is 1. The monoisotopic (exact) mass is 1600 g/mol. The van der Waals surface area contributed by atoms with Crippen LogP contribution in [0.3, 0.4) is 0 Å². The number of benzene rings is 2. The van der Waals surface area contributed by atoms with Gasteiger partial charge in [0.15, 0.2) is 5.78 Å². The zero-order valence-electron chi connectivity index (χ0n) is 62.6. The highest BCUT2D eigenvalue weighted by Gasteiger charge is 2.41. The number of hydrogen-bond donors (Lipinski definition) is 22. The van der Waals surface area contributed by atoms with E-state index in [9.17, 15) is 121 Å². The predicted molar refractivity (Wildman–Crippen MR) is 393 cm³/mol. The highest BCUT2D eigenvalue weighted by molar-refractivity contribution is 6.05. The molecule has 1 saturated heterocycles. The van der Waals surface area contributed by atoms with E-state index in [1.54, 1.807) is 12.1 Å². The van der Waals surface area contributed by atoms with Crippen LogP contribution in [0.25, 0.3) is 0 Å². The molecule has 0 aliphatic carbocycles. The number of primary amides is 1. The number of carboxylic acids is 4. The molecule has 13 atom stereocenters. The number of aliphatic carboxylic acids is 4. The maximum Gasteiger partial charge on any atom is 0.329 e. The number of amides is 14. The van der Waals surface area contributed by atoms with Crippen LogP contribution < -0.4 is 92.1 Å². The van der Waals surface area contributed by atoms with Crippen molar-refractivity contribution in [2.24, 2.45) is 17.4 Å². The summed E-state index contributed by atoms with van der Waals surface area (Å²) in [5, 5.41) is 77.7. The molecule has 3 rings (SSSR count). The van der Waals surface area contributed by atoms with Crippen molar-refractivity contribution in [3.63, 3.8) is 0 Å². The third-order valence-electron chi connectivity index (χ3n) is 17.2. The first-order valence-corrected chi connectivity index (χ1v) is 36.0. The van der Waals surface area contributed by atoms with E-state index in [0.717, 1.165) is 52.9 Å². The van der Waals surface area contributed by atoms with E-state index in [1.165, 1.54) is 36.4 Å². The number of aliphatic hydroxyl groups is 1. The van der Waals surface area contributed by atoms with Gasteiger partial charge in [-0.3, -0.25) is 91.1 Å². The molecule has 43 heteroatoms. The van der Waals surface area contributed by atoms with E-state index in [2.05, 4.69) is 60.1 Å². The molecule has 1 heterocycles. The number of cyclic esters (lactones) is 1. The third-order valence-corrected chi connectivity index (χ3v) is 17.2. The molecule has 1 fully saturated rings. The number of rotatable bonds is 35. The van der Waals surface area contributed by atoms with Gasteiger partial charge in [-0.15, -0.1) is 0 Å². The lowest BCUT2D eigenvalue weighted by atomic mass is 9.96. The number of para-hydroxylation sites is 1. The highest BCUT2D eigenvalue weighted by Crippen LogP contribution is 2.19. The molecule has 2 aromatic carbocycles. The van der Waals surface area contributed by atoms with Crippen molar-refractivity contribution in [2.45, 2.75) is 209 Å². The molecular formula is C70H101N17O26. The summed E-state index contributed by atoms with van der Waals surface area (Å²) in [6.07, 6.45) is -3.98. The number of esters is 1. The van der Waals surface area contributed by atoms with Crippen LogP contribution in [-0.2, 0) is 102 Å². The number of nitrogens with two attached hydrogens (primary N) is 4. The van der Waals surface area contributed by atoms with Crippen LogP contribution in [0.15, 0.2) is 48.5 Å². The summed E-state index contributed by atoms with van der Waals surface area (Å²) in [5.74, 6) is -29.8. The Bertz CT molecular complexity index is 3770. The Morgan fingerprint density at radius 3 is 1.62 bits per heavy atom. The van der Waals surface area contributed by atoms with Crippen LogP contribution >= 0.6 is 0 Å². The van der Waals surface area contributed by atoms with Crippen LogP contribution in [0.5, 0.6) is 0 Å². The van der Waals surface area contributed by atoms with Crippen molar-refractivity contribution in [1.29, 1.82) is 0 Å². The molecule has 0 unspecified atom stereocenters. The van der Waals surface area contributed by atoms with Gasteiger partial charge in [-0.2, -0.15) is 0 Å². The van der Waals surface area contributed by atoms with Crippen LogP contribution in [0.4, 0.5) is 11.4 Å². The van der Waals surface area contributed by atoms with Gasteiger partial charge >= 0.3 is 29.8 Å². The van der Waals surface area contributed by atoms with Gasteiger partial charge in [-0.25, -0.2) is 4.79 Å². The Morgan fingerprint density at radius 1 is 0.531 bits per heavy atom. The summed E-state index contributed by atoms with van der Waals surface area (Å²) >= 11 is 0. The molecule has 14 amide bonds. The number of nitrogens with one attached hydrogen (secondary N) is 13. The predicted octanol–water partition coefficient (Wildman–Crippen LogP) is -6.52. The molecule has 622 valence electrons. The van der Waals surface area contributed by atoms with Crippen molar-refractivity contribution >= 4 is 130 Å². The van der Waals surface area contributed by atoms with Crippen molar-refractivity contribution in [3.05, 3.63) is 59.7 Å². The molecule has 1 aliphatic rings. The number of Topliss-reactive ketones (excluding diaryl/α,β-unsaturated/α-hetero) is 1. The Kier molecular flexibility index (Phi) is 40.5. The topological polar surface area (TPSA) is 712 Å². The summed E-state index contributed by atoms with van der Waals surface area (Å²) in [7, 11) is 0. The van der Waals surface area contributed by atoms with Gasteiger partial charge in [0.05, 0.1) is 51.8 Å². The number of carbonyl (C=O) groups is 20. The molecule has 2 aromatic rings. The third kappa shape index (κ3) is 34.6. The first-order valence-electron chi connectivity index (χ1n) is 36.0. The van der Waals surface area contributed by atoms with Gasteiger partial charge in [-0.05, 0) is 75.4 Å². The van der Waals surface area contributed by atoms with Gasteiger partial charge in [0.2, 0.25) is 82.7 Å². The zero-order valence-corrected chi connectivity index (χ0v) is 62.6. The van der Waals surface area contributed by atoms with E-state index >= 15 is 0 Å². The van der Waals surface area contributed by atoms with E-state index in [1.807, 2.05) is 16.0 Å². The first-order chi connectivity index (χ1) is 53.3. The van der Waals surface area contributed by atoms with Crippen LogP contribution in [0, 0.1) is 5.92 Å². The van der Waals surface area contributed by atoms with E-state index < -0.39 is 261 Å². The fraction of sp³-hybridized carbons (Fsp3) is 0.543. The molecule has 0 saturated carbocycles. The van der Waals surface area contributed by atoms with E-state index in [-0.39, 0.29) is 37.1 Å². The maximum absolute atomic E-state index is 14.8. The molecule has 43 nitrogen and oxygen atoms in total. The van der Waals surface area contributed by atoms with Gasteiger partial charge in [0.1, 0.15) is 72.6 Å². The SMILES string of the molecule is CCCCCCCCCC(=O)N[C@@H](Cc1ccc(N)cc1)C(=O)N[C@@H](CC(N)=O)C(=O)N[C@@H](CC(=O)O)C(=O)N[C@@H]1C(=O)NCC(=O)N[C@@H](CCCN)C(=O)N[C@@H](CC(=O)O)C(=O)N[C@H](C)C(=O)N[C@@H](CC(=O)O)C(=O)NCC(=O)N[C@H](CO)C(=O)N[C@@H]([C@@H](C)CC(=O)O)C(=O)N[C@@H](CC(=O)c2ccccc2N)C(=O)O[C@@H]1C. The van der Waals surface area contributed by atoms with Crippen LogP contribution in [0.1, 0.15) is 146 Å². The molecular weight excluding hydrogens is 1490 g/mol. The first kappa shape index (κ1) is 94.8. The minimum atomic E-state index is -2.45. The smallest absolute Gasteiger partial charge is 0.329 e. The average molecular weight is 1600 g/mol. The Balaban J connectivity index is 2.29. The van der Waals surface area contributed by atoms with Gasteiger partial charge < -0.3 is 122 Å². The van der Waals surface area contributed by atoms with E-state index in [0.29, 0.717) is 24.1 Å². The van der Waals surface area contributed by atoms with Gasteiger partial charge in [0, 0.05) is 36.2 Å². The zero-order chi connectivity index (χ0) is 84.8. The summed E-state index contributed by atoms with van der Waals surface area (Å²) in [5.41, 5.74) is 23.5. The second kappa shape index (κ2) is 48.3. The lowest BCUT2D eigenvalue weighted by Crippen LogP contribution is -2.62. The number of carbonyl (C=O) groups excluding carboxylic acids is 16. The minimum Gasteiger partial charge on any atom is -0.481 e. The fourth-order valence-electron chi connectivity index (χ4n) is 11.1. The Morgan fingerprint density at radius 2 is 1.05 bits per heavy atom. The summed E-state index contributed by atoms with van der Waals surface area (Å²) in [4.78, 5) is 272. The second-order valence-electron chi connectivity index (χ2n) is 26.6. The minimum absolute atomic E-state index is 0.0247. The number of nitrogen functional groups attached to an aromatic ring is 2. The summed E-state index contributed by atoms with van der Waals surface area (Å²) in [6.45, 7) is 1.09. The fourth-order valence-corrected chi connectivity index (χ4v) is 11.1. The number of ether oxygens (including phenoxy) is 1. The Labute approximate surface area is 646 Å². The summed E-state index contributed by atoms with van der Waals surface area (Å²) < 4.78 is 5.66. The molecule has 1 aliphatic heterocycles. The van der Waals surface area contributed by atoms with E-state index in [4.69, 9.17) is 27.7 Å². The molecule has 0 spiro atoms. The van der Waals surface area contributed by atoms with Crippen LogP contribution in [0.2, 0.25) is 0 Å². The number of carboxylic acid groups (broad SMARTS) is 4. The van der Waals surface area contributed by atoms with Gasteiger partial charge in [0.25, 0.3) is 0 Å². The molecule has 0 radical (unpaired) electrons. The standard InChI is InChI=1S/C70H101N17O26/c1-5-6-7-8-9-10-11-18-51(91)79-42(25-37-19-21-38(72)22-20-37)64(106)82-43(27-50(74)90)65(107)84-46(30-57(100)101)66(108)87-59-36(4)113-70(112)47(26-49(89)39-15-12-13-16-40(39)73)85-69(111)58(34(2)24-54(94)95)86-67(109)48(33-88)80-53(93)31-75-61(103)44(28-55(96)97)81-60(102)35(3)77-63(105)45(29-56(98)99)83-62(104)41(17-14-23-71)78-52(92)32-76-68(59)110/h12-13,15-16,19-22,34-36,41-48,58-59,88H,5-11,14,17-18,23-33,71-73H2,1-4H3,(H2,74,90)(H,75,103)(H,76,110)(H,77,105)(H,78,92)(H,79,91)(H,80,93)(H,81,102)(H,82,106)(H,83,104)(H,84,107)(H,85,111)(H,86,109)(H,87,108)(H,94,95)(H,96,97)(H,98,99)(H,100,101)/t34-,35+,36+,41-,42-,43-,44-,45-,46-,47-,48+,58-,59-/m0/s1. The van der Waals surface area contributed by atoms with Crippen molar-refractivity contribution < 1.29 is 126 Å². The second-order valence-corrected chi connectivity index (χ2v) is 26.6. The quantitative estimate of drug-likeness (QED) is 0.0132. The molecule has 0 bridgehead atoms. The summed E-state index contributed by atoms with van der Waals surface area (Å²) in [6, 6.07) is -11.4. The average Bonchev–Trinajstić information content (AvgIpc) is 0.851. The van der Waals surface area contributed by atoms with Crippen molar-refractivity contribution in [1.82, 2.24) is 69.1 Å². The molecule has 26 N–H and O–H groups in total. The highest BCUT2D eigenvalue weighted by atomic mass is 16.5. The number of anilines is 2. The lowest BCUT2D eigenvalue weighted by Gasteiger charge is -2.30. The number of ketones is 1. The van der Waals surface area contributed by atoms with Crippen molar-refractivity contribution in [2.75, 3.05) is 37.7 Å². The normalized spacial score (nSPS) is 21.3. The largest absolute Gasteiger partial charge is 0.481 e. The maximum atomic E-state index is 14.8.